The normalized spacial score (nSPS) is 13.8. The van der Waals surface area contributed by atoms with Gasteiger partial charge in [0.15, 0.2) is 6.04 Å². The first-order chi connectivity index (χ1) is 18.5. The van der Waals surface area contributed by atoms with Crippen molar-refractivity contribution in [1.82, 2.24) is 20.9 Å². The van der Waals surface area contributed by atoms with Crippen LogP contribution in [-0.4, -0.2) is 91.3 Å². The van der Waals surface area contributed by atoms with Crippen molar-refractivity contribution in [1.29, 1.82) is 0 Å². The smallest absolute Gasteiger partial charge is 0.408 e. The molecule has 0 aromatic heterocycles. The quantitative estimate of drug-likeness (QED) is 0.218. The zero-order chi connectivity index (χ0) is 31.0. The number of benzene rings is 1. The molecule has 1 aromatic rings. The van der Waals surface area contributed by atoms with Gasteiger partial charge in [0.2, 0.25) is 18.2 Å². The van der Waals surface area contributed by atoms with Crippen LogP contribution in [0.5, 0.6) is 0 Å². The molecule has 0 fully saturated rings. The van der Waals surface area contributed by atoms with Crippen molar-refractivity contribution in [2.75, 3.05) is 21.2 Å². The molecule has 0 bridgehead atoms. The highest BCUT2D eigenvalue weighted by Gasteiger charge is 2.33. The molecule has 0 radical (unpaired) electrons. The van der Waals surface area contributed by atoms with Crippen molar-refractivity contribution in [2.45, 2.75) is 84.2 Å². The summed E-state index contributed by atoms with van der Waals surface area (Å²) in [5.41, 5.74) is 0.0374. The van der Waals surface area contributed by atoms with Crippen LogP contribution in [0, 0.1) is 5.92 Å². The number of ether oxygens (including phenoxy) is 2. The second kappa shape index (κ2) is 17.8. The summed E-state index contributed by atoms with van der Waals surface area (Å²) in [5.74, 6) is -2.04. The van der Waals surface area contributed by atoms with Gasteiger partial charge in [-0.3, -0.25) is 14.4 Å². The van der Waals surface area contributed by atoms with Gasteiger partial charge in [-0.2, -0.15) is 0 Å². The van der Waals surface area contributed by atoms with Crippen molar-refractivity contribution >= 4 is 30.3 Å². The summed E-state index contributed by atoms with van der Waals surface area (Å²) >= 11 is 0. The molecule has 0 aliphatic heterocycles. The number of nitrogens with zero attached hydrogens (tertiary/aromatic N) is 1. The van der Waals surface area contributed by atoms with Gasteiger partial charge in [0.25, 0.3) is 0 Å². The lowest BCUT2D eigenvalue weighted by molar-refractivity contribution is -0.148. The first-order valence-electron chi connectivity index (χ1n) is 13.0. The second-order valence-corrected chi connectivity index (χ2v) is 10.9. The number of nitrogens with one attached hydrogen (secondary N) is 3. The van der Waals surface area contributed by atoms with Gasteiger partial charge in [-0.25, -0.2) is 9.59 Å². The Morgan fingerprint density at radius 3 is 1.90 bits per heavy atom. The van der Waals surface area contributed by atoms with E-state index in [-0.39, 0.29) is 18.8 Å². The molecule has 40 heavy (non-hydrogen) atoms. The molecule has 0 heterocycles. The van der Waals surface area contributed by atoms with Crippen LogP contribution in [0.25, 0.3) is 0 Å². The molecule has 0 saturated heterocycles. The fourth-order valence-corrected chi connectivity index (χ4v) is 3.24. The Balaban J connectivity index is 0.00000277. The Morgan fingerprint density at radius 1 is 0.950 bits per heavy atom. The topological polar surface area (TPSA) is 163 Å². The van der Waals surface area contributed by atoms with E-state index >= 15 is 0 Å². The Labute approximate surface area is 237 Å². The molecule has 0 aliphatic carbocycles. The van der Waals surface area contributed by atoms with Gasteiger partial charge in [-0.1, -0.05) is 44.2 Å². The van der Waals surface area contributed by atoms with Crippen LogP contribution in [0.15, 0.2) is 30.3 Å². The van der Waals surface area contributed by atoms with Crippen molar-refractivity contribution in [2.24, 2.45) is 5.92 Å². The van der Waals surface area contributed by atoms with Crippen molar-refractivity contribution in [3.05, 3.63) is 35.9 Å². The predicted octanol–water partition coefficient (Wildman–Crippen LogP) is 1.40. The number of alkyl carbamates (subject to hydrolysis) is 1. The molecule has 0 aliphatic rings. The number of hydrogen-bond acceptors (Lipinski definition) is 8. The Morgan fingerprint density at radius 2 is 1.48 bits per heavy atom. The van der Waals surface area contributed by atoms with Gasteiger partial charge in [-0.15, -0.1) is 0 Å². The van der Waals surface area contributed by atoms with Crippen LogP contribution in [0.4, 0.5) is 4.79 Å². The number of rotatable bonds is 12. The molecule has 12 heteroatoms. The van der Waals surface area contributed by atoms with E-state index in [1.807, 2.05) is 44.2 Å². The molecule has 12 nitrogen and oxygen atoms in total. The molecule has 4 amide bonds. The summed E-state index contributed by atoms with van der Waals surface area (Å²) in [6.45, 7) is 10.2. The second-order valence-electron chi connectivity index (χ2n) is 10.9. The standard InChI is InChI=1S/C25H39N3O7.C3H7NO/c1-15(2)13-18(22(31)28-20(16(3)29)23(32)34-7)26-21(30)19(14-17-11-9-8-10-12-17)27-24(33)35-25(4,5)6;1-4(2)3-5/h8-12,15-16,18-20,29H,13-14H2,1-7H3,(H,26,30)(H,27,33)(H,28,31);3H,1-2H3/t16-,18-,19+,20+;/m1./s1. The third-order valence-electron chi connectivity index (χ3n) is 5.08. The Bertz CT molecular complexity index is 945. The largest absolute Gasteiger partial charge is 0.467 e. The predicted molar refractivity (Wildman–Crippen MR) is 150 cm³/mol. The maximum absolute atomic E-state index is 13.3. The van der Waals surface area contributed by atoms with Crippen molar-refractivity contribution < 1.29 is 38.6 Å². The lowest BCUT2D eigenvalue weighted by Gasteiger charge is -2.27. The minimum atomic E-state index is -1.29. The molecule has 1 rings (SSSR count). The molecule has 226 valence electrons. The zero-order valence-electron chi connectivity index (χ0n) is 25.0. The summed E-state index contributed by atoms with van der Waals surface area (Å²) in [7, 11) is 4.52. The van der Waals surface area contributed by atoms with Crippen LogP contribution in [0.1, 0.15) is 53.5 Å². The van der Waals surface area contributed by atoms with E-state index in [9.17, 15) is 29.1 Å². The van der Waals surface area contributed by atoms with E-state index in [2.05, 4.69) is 20.7 Å². The number of methoxy groups -OCH3 is 1. The molecule has 4 atom stereocenters. The van der Waals surface area contributed by atoms with Gasteiger partial charge < -0.3 is 35.4 Å². The summed E-state index contributed by atoms with van der Waals surface area (Å²) in [6.07, 6.45) is -0.796. The molecule has 4 N–H and O–H groups in total. The Kier molecular flexibility index (Phi) is 16.2. The number of esters is 1. The average molecular weight is 567 g/mol. The summed E-state index contributed by atoms with van der Waals surface area (Å²) < 4.78 is 9.94. The van der Waals surface area contributed by atoms with Crippen LogP contribution in [-0.2, 0) is 35.1 Å². The summed E-state index contributed by atoms with van der Waals surface area (Å²) in [5, 5.41) is 17.6. The van der Waals surface area contributed by atoms with E-state index in [0.29, 0.717) is 0 Å². The van der Waals surface area contributed by atoms with Gasteiger partial charge in [-0.05, 0) is 45.6 Å². The third-order valence-corrected chi connectivity index (χ3v) is 5.08. The molecular formula is C28H46N4O8. The van der Waals surface area contributed by atoms with Crippen molar-refractivity contribution in [3.8, 4) is 0 Å². The first kappa shape index (κ1) is 36.3. The lowest BCUT2D eigenvalue weighted by Crippen LogP contribution is -2.58. The van der Waals surface area contributed by atoms with E-state index < -0.39 is 53.7 Å². The number of aliphatic hydroxyl groups excluding tert-OH is 1. The van der Waals surface area contributed by atoms with Crippen LogP contribution >= 0.6 is 0 Å². The maximum Gasteiger partial charge on any atom is 0.408 e. The minimum Gasteiger partial charge on any atom is -0.467 e. The highest BCUT2D eigenvalue weighted by atomic mass is 16.6. The van der Waals surface area contributed by atoms with E-state index in [1.54, 1.807) is 34.9 Å². The van der Waals surface area contributed by atoms with Crippen molar-refractivity contribution in [3.63, 3.8) is 0 Å². The average Bonchev–Trinajstić information content (AvgIpc) is 2.85. The van der Waals surface area contributed by atoms with Gasteiger partial charge in [0, 0.05) is 20.5 Å². The molecule has 0 unspecified atom stereocenters. The van der Waals surface area contributed by atoms with Gasteiger partial charge >= 0.3 is 12.1 Å². The monoisotopic (exact) mass is 566 g/mol. The van der Waals surface area contributed by atoms with Crippen LogP contribution in [0.2, 0.25) is 0 Å². The third kappa shape index (κ3) is 15.7. The van der Waals surface area contributed by atoms with Gasteiger partial charge in [0.05, 0.1) is 13.2 Å². The fourth-order valence-electron chi connectivity index (χ4n) is 3.24. The fraction of sp³-hybridized carbons (Fsp3) is 0.607. The van der Waals surface area contributed by atoms with E-state index in [4.69, 9.17) is 4.74 Å². The van der Waals surface area contributed by atoms with Gasteiger partial charge in [0.1, 0.15) is 17.7 Å². The number of carbonyl (C=O) groups excluding carboxylic acids is 5. The summed E-state index contributed by atoms with van der Waals surface area (Å²) in [4.78, 5) is 61.5. The zero-order valence-corrected chi connectivity index (χ0v) is 25.0. The molecule has 0 saturated carbocycles. The SMILES string of the molecule is CN(C)C=O.COC(=O)[C@@H](NC(=O)[C@@H](CC(C)C)NC(=O)[C@H](Cc1ccccc1)NC(=O)OC(C)(C)C)[C@@H](C)O. The highest BCUT2D eigenvalue weighted by molar-refractivity contribution is 5.93. The molecule has 0 spiro atoms. The Hall–Kier alpha value is -3.67. The lowest BCUT2D eigenvalue weighted by atomic mass is 10.0. The number of aliphatic hydroxyl groups is 1. The summed E-state index contributed by atoms with van der Waals surface area (Å²) in [6, 6.07) is 5.76. The number of carbonyl (C=O) groups is 5. The number of hydrogen-bond donors (Lipinski definition) is 4. The van der Waals surface area contributed by atoms with Crippen LogP contribution in [0.3, 0.4) is 0 Å². The van der Waals surface area contributed by atoms with Crippen LogP contribution < -0.4 is 16.0 Å². The van der Waals surface area contributed by atoms with E-state index in [1.165, 1.54) is 11.8 Å². The first-order valence-corrected chi connectivity index (χ1v) is 13.0. The molecular weight excluding hydrogens is 520 g/mol. The maximum atomic E-state index is 13.3. The highest BCUT2D eigenvalue weighted by Crippen LogP contribution is 2.11. The van der Waals surface area contributed by atoms with E-state index in [0.717, 1.165) is 19.1 Å². The minimum absolute atomic E-state index is 0.0144. The molecule has 1 aromatic carbocycles. The number of amides is 4.